The van der Waals surface area contributed by atoms with Crippen molar-refractivity contribution in [3.05, 3.63) is 29.3 Å². The molecule has 1 heterocycles. The molecule has 1 fully saturated rings. The van der Waals surface area contributed by atoms with Gasteiger partial charge in [-0.3, -0.25) is 4.79 Å². The molecule has 168 valence electrons. The van der Waals surface area contributed by atoms with Gasteiger partial charge in [0.1, 0.15) is 5.75 Å². The largest absolute Gasteiger partial charge is 0.497 e. The van der Waals surface area contributed by atoms with Crippen molar-refractivity contribution in [2.24, 2.45) is 0 Å². The first-order valence-corrected chi connectivity index (χ1v) is 11.7. The van der Waals surface area contributed by atoms with Crippen LogP contribution in [0.25, 0.3) is 0 Å². The maximum Gasteiger partial charge on any atom is 0.224 e. The van der Waals surface area contributed by atoms with Crippen molar-refractivity contribution in [1.29, 1.82) is 0 Å². The zero-order valence-corrected chi connectivity index (χ0v) is 18.7. The van der Waals surface area contributed by atoms with Gasteiger partial charge in [0.2, 0.25) is 5.91 Å². The standard InChI is InChI=1S/C24H38FN3O2/c1-3-12-26(22-9-7-20-8-10-23(30-2)19-21(20)18-22)13-5-4-6-14-27-16-17-28(25)15-11-24(27)29/h8,10,19,22H,3-7,9,11-18H2,1-2H3. The van der Waals surface area contributed by atoms with Crippen LogP contribution >= 0.6 is 0 Å². The van der Waals surface area contributed by atoms with E-state index >= 15 is 0 Å². The van der Waals surface area contributed by atoms with Gasteiger partial charge in [-0.05, 0) is 74.9 Å². The lowest BCUT2D eigenvalue weighted by molar-refractivity contribution is -0.130. The Bertz CT molecular complexity index is 684. The number of halogens is 1. The molecule has 3 rings (SSSR count). The molecule has 30 heavy (non-hydrogen) atoms. The third-order valence-electron chi connectivity index (χ3n) is 6.55. The minimum absolute atomic E-state index is 0.0964. The van der Waals surface area contributed by atoms with Crippen LogP contribution in [-0.2, 0) is 17.6 Å². The monoisotopic (exact) mass is 419 g/mol. The van der Waals surface area contributed by atoms with Crippen molar-refractivity contribution in [3.8, 4) is 5.75 Å². The van der Waals surface area contributed by atoms with Crippen LogP contribution in [0.5, 0.6) is 5.75 Å². The molecule has 1 atom stereocenters. The van der Waals surface area contributed by atoms with Crippen LogP contribution in [0, 0.1) is 0 Å². The number of benzene rings is 1. The molecule has 0 spiro atoms. The maximum atomic E-state index is 13.3. The second kappa shape index (κ2) is 11.7. The van der Waals surface area contributed by atoms with Gasteiger partial charge in [0.05, 0.1) is 7.11 Å². The van der Waals surface area contributed by atoms with Crippen LogP contribution in [0.1, 0.15) is 56.6 Å². The number of carbonyl (C=O) groups is 1. The zero-order chi connectivity index (χ0) is 21.3. The number of methoxy groups -OCH3 is 1. The summed E-state index contributed by atoms with van der Waals surface area (Å²) in [6, 6.07) is 7.11. The lowest BCUT2D eigenvalue weighted by atomic mass is 9.87. The minimum Gasteiger partial charge on any atom is -0.497 e. The summed E-state index contributed by atoms with van der Waals surface area (Å²) in [5, 5.41) is 0.762. The van der Waals surface area contributed by atoms with Crippen LogP contribution in [0.4, 0.5) is 4.48 Å². The number of unbranched alkanes of at least 4 members (excludes halogenated alkanes) is 2. The van der Waals surface area contributed by atoms with E-state index < -0.39 is 0 Å². The molecule has 0 aromatic heterocycles. The molecule has 5 nitrogen and oxygen atoms in total. The number of aryl methyl sites for hydroxylation is 1. The third kappa shape index (κ3) is 6.42. The van der Waals surface area contributed by atoms with E-state index in [1.165, 1.54) is 24.0 Å². The van der Waals surface area contributed by atoms with Crippen molar-refractivity contribution in [2.75, 3.05) is 46.4 Å². The van der Waals surface area contributed by atoms with Crippen molar-refractivity contribution in [3.63, 3.8) is 0 Å². The molecular weight excluding hydrogens is 381 g/mol. The molecule has 0 saturated carbocycles. The quantitative estimate of drug-likeness (QED) is 0.426. The lowest BCUT2D eigenvalue weighted by Crippen LogP contribution is -2.40. The minimum atomic E-state index is 0.0964. The Morgan fingerprint density at radius 1 is 1.10 bits per heavy atom. The van der Waals surface area contributed by atoms with Crippen LogP contribution in [0.2, 0.25) is 0 Å². The number of amides is 1. The Kier molecular flexibility index (Phi) is 8.94. The SMILES string of the molecule is CCCN(CCCCCN1CCN(F)CCC1=O)C1CCc2ccc(OC)cc2C1. The van der Waals surface area contributed by atoms with Crippen LogP contribution in [0.3, 0.4) is 0 Å². The van der Waals surface area contributed by atoms with Gasteiger partial charge < -0.3 is 14.5 Å². The van der Waals surface area contributed by atoms with E-state index in [-0.39, 0.29) is 12.5 Å². The molecule has 2 aliphatic rings. The molecule has 0 radical (unpaired) electrons. The Morgan fingerprint density at radius 2 is 1.97 bits per heavy atom. The summed E-state index contributed by atoms with van der Waals surface area (Å²) >= 11 is 0. The highest BCUT2D eigenvalue weighted by atomic mass is 19.2. The van der Waals surface area contributed by atoms with Gasteiger partial charge in [0, 0.05) is 38.6 Å². The third-order valence-corrected chi connectivity index (χ3v) is 6.55. The van der Waals surface area contributed by atoms with Crippen molar-refractivity contribution in [2.45, 2.75) is 64.3 Å². The molecule has 1 aliphatic carbocycles. The van der Waals surface area contributed by atoms with E-state index in [1.807, 2.05) is 4.90 Å². The number of rotatable bonds is 10. The summed E-state index contributed by atoms with van der Waals surface area (Å²) < 4.78 is 18.8. The van der Waals surface area contributed by atoms with Crippen molar-refractivity contribution in [1.82, 2.24) is 14.9 Å². The maximum absolute atomic E-state index is 13.3. The highest BCUT2D eigenvalue weighted by Gasteiger charge is 2.24. The molecular formula is C24H38FN3O2. The Morgan fingerprint density at radius 3 is 2.77 bits per heavy atom. The van der Waals surface area contributed by atoms with E-state index in [4.69, 9.17) is 4.74 Å². The first-order valence-electron chi connectivity index (χ1n) is 11.7. The van der Waals surface area contributed by atoms with E-state index in [1.54, 1.807) is 7.11 Å². The summed E-state index contributed by atoms with van der Waals surface area (Å²) in [7, 11) is 1.73. The number of nitrogens with zero attached hydrogens (tertiary/aromatic N) is 3. The van der Waals surface area contributed by atoms with Gasteiger partial charge in [-0.15, -0.1) is 9.60 Å². The first kappa shape index (κ1) is 23.0. The average molecular weight is 420 g/mol. The average Bonchev–Trinajstić information content (AvgIpc) is 2.92. The topological polar surface area (TPSA) is 36.0 Å². The van der Waals surface area contributed by atoms with Crippen LogP contribution in [0.15, 0.2) is 18.2 Å². The smallest absolute Gasteiger partial charge is 0.224 e. The molecule has 6 heteroatoms. The van der Waals surface area contributed by atoms with Gasteiger partial charge in [0.25, 0.3) is 0 Å². The summed E-state index contributed by atoms with van der Waals surface area (Å²) in [6.07, 6.45) is 8.21. The molecule has 1 amide bonds. The van der Waals surface area contributed by atoms with E-state index in [9.17, 15) is 9.28 Å². The summed E-state index contributed by atoms with van der Waals surface area (Å²) in [4.78, 5) is 16.6. The Labute approximate surface area is 181 Å². The van der Waals surface area contributed by atoms with E-state index in [0.29, 0.717) is 25.6 Å². The number of fused-ring (bicyclic) bond motifs is 1. The number of ether oxygens (including phenoxy) is 1. The van der Waals surface area contributed by atoms with E-state index in [0.717, 1.165) is 62.6 Å². The fraction of sp³-hybridized carbons (Fsp3) is 0.708. The van der Waals surface area contributed by atoms with Crippen molar-refractivity contribution >= 4 is 5.91 Å². The van der Waals surface area contributed by atoms with Gasteiger partial charge in [0.15, 0.2) is 0 Å². The zero-order valence-electron chi connectivity index (χ0n) is 18.7. The molecule has 1 unspecified atom stereocenters. The Balaban J connectivity index is 1.44. The molecule has 1 aromatic rings. The normalized spacial score (nSPS) is 20.3. The predicted octanol–water partition coefficient (Wildman–Crippen LogP) is 3.85. The fourth-order valence-corrected chi connectivity index (χ4v) is 4.79. The fourth-order valence-electron chi connectivity index (χ4n) is 4.79. The van der Waals surface area contributed by atoms with Crippen LogP contribution in [-0.4, -0.2) is 73.2 Å². The van der Waals surface area contributed by atoms with Crippen molar-refractivity contribution < 1.29 is 14.0 Å². The number of hydrogen-bond acceptors (Lipinski definition) is 4. The molecule has 1 aromatic carbocycles. The second-order valence-electron chi connectivity index (χ2n) is 8.67. The second-order valence-corrected chi connectivity index (χ2v) is 8.67. The molecule has 1 aliphatic heterocycles. The highest BCUT2D eigenvalue weighted by Crippen LogP contribution is 2.28. The lowest BCUT2D eigenvalue weighted by Gasteiger charge is -2.35. The van der Waals surface area contributed by atoms with Gasteiger partial charge in [-0.25, -0.2) is 0 Å². The van der Waals surface area contributed by atoms with Gasteiger partial charge in [-0.2, -0.15) is 0 Å². The summed E-state index contributed by atoms with van der Waals surface area (Å²) in [5.74, 6) is 1.05. The molecule has 1 saturated heterocycles. The predicted molar refractivity (Wildman–Crippen MR) is 118 cm³/mol. The first-order chi connectivity index (χ1) is 14.6. The summed E-state index contributed by atoms with van der Waals surface area (Å²) in [6.45, 7) is 6.36. The van der Waals surface area contributed by atoms with Crippen LogP contribution < -0.4 is 4.74 Å². The van der Waals surface area contributed by atoms with E-state index in [2.05, 4.69) is 30.0 Å². The Hall–Kier alpha value is -1.66. The van der Waals surface area contributed by atoms with Gasteiger partial charge >= 0.3 is 0 Å². The highest BCUT2D eigenvalue weighted by molar-refractivity contribution is 5.76. The number of carbonyl (C=O) groups excluding carboxylic acids is 1. The van der Waals surface area contributed by atoms with Gasteiger partial charge in [-0.1, -0.05) is 19.4 Å². The number of hydrogen-bond donors (Lipinski definition) is 0. The summed E-state index contributed by atoms with van der Waals surface area (Å²) in [5.41, 5.74) is 2.91. The molecule has 0 bridgehead atoms. The molecule has 0 N–H and O–H groups in total.